The number of anilines is 2. The van der Waals surface area contributed by atoms with E-state index in [1.54, 1.807) is 30.7 Å². The zero-order valence-electron chi connectivity index (χ0n) is 13.4. The molecule has 3 rings (SSSR count). The van der Waals surface area contributed by atoms with Crippen LogP contribution in [0.15, 0.2) is 55.0 Å². The summed E-state index contributed by atoms with van der Waals surface area (Å²) in [6, 6.07) is 7.42. The number of Topliss-reactive ketones (excluding diaryl/α,β-unsaturated/α-hetero) is 1. The quantitative estimate of drug-likeness (QED) is 0.636. The number of pyridine rings is 1. The summed E-state index contributed by atoms with van der Waals surface area (Å²) in [5.41, 5.74) is 0.633. The van der Waals surface area contributed by atoms with Gasteiger partial charge in [0.05, 0.1) is 4.88 Å². The van der Waals surface area contributed by atoms with Gasteiger partial charge in [-0.2, -0.15) is 13.2 Å². The molecule has 10 heteroatoms. The highest BCUT2D eigenvalue weighted by Crippen LogP contribution is 2.28. The van der Waals surface area contributed by atoms with Crippen molar-refractivity contribution < 1.29 is 22.8 Å². The number of rotatable bonds is 4. The molecule has 0 saturated heterocycles. The highest BCUT2D eigenvalue weighted by atomic mass is 32.1. The van der Waals surface area contributed by atoms with Crippen LogP contribution in [-0.2, 0) is 0 Å². The third-order valence-electron chi connectivity index (χ3n) is 3.35. The number of thiazole rings is 1. The van der Waals surface area contributed by atoms with E-state index in [0.717, 1.165) is 22.6 Å². The first kappa shape index (κ1) is 18.5. The second-order valence-electron chi connectivity index (χ2n) is 5.25. The van der Waals surface area contributed by atoms with Crippen molar-refractivity contribution in [2.75, 3.05) is 10.6 Å². The number of halogens is 3. The van der Waals surface area contributed by atoms with Crippen LogP contribution in [0.1, 0.15) is 10.4 Å². The minimum absolute atomic E-state index is 0.233. The number of alkyl halides is 3. The summed E-state index contributed by atoms with van der Waals surface area (Å²) in [5.74, 6) is -1.94. The maximum Gasteiger partial charge on any atom is 0.454 e. The average Bonchev–Trinajstić information content (AvgIpc) is 3.10. The monoisotopic (exact) mass is 392 g/mol. The maximum atomic E-state index is 12.4. The van der Waals surface area contributed by atoms with Gasteiger partial charge in [-0.25, -0.2) is 9.78 Å². The molecule has 6 nitrogen and oxygen atoms in total. The van der Waals surface area contributed by atoms with E-state index in [1.807, 2.05) is 0 Å². The fourth-order valence-electron chi connectivity index (χ4n) is 2.11. The second-order valence-corrected chi connectivity index (χ2v) is 6.28. The molecule has 0 unspecified atom stereocenters. The maximum absolute atomic E-state index is 12.4. The Bertz CT molecular complexity index is 956. The first-order valence-corrected chi connectivity index (χ1v) is 8.30. The van der Waals surface area contributed by atoms with Gasteiger partial charge in [0, 0.05) is 29.8 Å². The van der Waals surface area contributed by atoms with Crippen LogP contribution >= 0.6 is 11.3 Å². The van der Waals surface area contributed by atoms with Crippen molar-refractivity contribution >= 4 is 34.0 Å². The van der Waals surface area contributed by atoms with Crippen molar-refractivity contribution in [2.24, 2.45) is 0 Å². The zero-order chi connectivity index (χ0) is 19.4. The first-order valence-electron chi connectivity index (χ1n) is 7.49. The Morgan fingerprint density at radius 3 is 2.26 bits per heavy atom. The van der Waals surface area contributed by atoms with Crippen molar-refractivity contribution in [3.05, 3.63) is 60.6 Å². The smallest absolute Gasteiger partial charge is 0.308 e. The van der Waals surface area contributed by atoms with Crippen LogP contribution in [0.2, 0.25) is 0 Å². The van der Waals surface area contributed by atoms with Crippen LogP contribution in [0.4, 0.5) is 28.8 Å². The van der Waals surface area contributed by atoms with Crippen LogP contribution in [0, 0.1) is 0 Å². The third kappa shape index (κ3) is 4.67. The van der Waals surface area contributed by atoms with E-state index in [1.165, 1.54) is 23.5 Å². The largest absolute Gasteiger partial charge is 0.454 e. The molecule has 0 radical (unpaired) electrons. The van der Waals surface area contributed by atoms with Crippen LogP contribution in [-0.4, -0.2) is 28.0 Å². The number of carbonyl (C=O) groups is 2. The van der Waals surface area contributed by atoms with Gasteiger partial charge in [-0.05, 0) is 42.0 Å². The summed E-state index contributed by atoms with van der Waals surface area (Å²) in [5, 5.41) is 5.35. The van der Waals surface area contributed by atoms with Gasteiger partial charge in [0.15, 0.2) is 5.13 Å². The molecule has 0 bridgehead atoms. The van der Waals surface area contributed by atoms with Gasteiger partial charge in [-0.1, -0.05) is 11.3 Å². The van der Waals surface area contributed by atoms with E-state index in [0.29, 0.717) is 5.13 Å². The van der Waals surface area contributed by atoms with Crippen LogP contribution in [0.3, 0.4) is 0 Å². The molecule has 2 aromatic heterocycles. The fourth-order valence-corrected chi connectivity index (χ4v) is 2.93. The van der Waals surface area contributed by atoms with Crippen LogP contribution < -0.4 is 10.6 Å². The lowest BCUT2D eigenvalue weighted by Gasteiger charge is -2.08. The minimum atomic E-state index is -4.94. The van der Waals surface area contributed by atoms with E-state index < -0.39 is 23.6 Å². The molecular weight excluding hydrogens is 381 g/mol. The van der Waals surface area contributed by atoms with E-state index >= 15 is 0 Å². The van der Waals surface area contributed by atoms with E-state index in [-0.39, 0.29) is 5.69 Å². The topological polar surface area (TPSA) is 84.0 Å². The summed E-state index contributed by atoms with van der Waals surface area (Å²) in [6.07, 6.45) is -0.0546. The standard InChI is InChI=1S/C17H11F3N4O2S/c18-17(19,20)14(25)11-1-3-12(4-2-11)23-15(26)24-16-22-9-13(27-16)10-5-7-21-8-6-10/h1-9H,(H2,22,23,24,26). The highest BCUT2D eigenvalue weighted by molar-refractivity contribution is 7.19. The van der Waals surface area contributed by atoms with Gasteiger partial charge in [-0.3, -0.25) is 15.1 Å². The number of carbonyl (C=O) groups excluding carboxylic acids is 2. The normalized spacial score (nSPS) is 11.1. The molecular formula is C17H11F3N4O2S. The third-order valence-corrected chi connectivity index (χ3v) is 4.32. The molecule has 0 fully saturated rings. The summed E-state index contributed by atoms with van der Waals surface area (Å²) in [4.78, 5) is 32.0. The van der Waals surface area contributed by atoms with Gasteiger partial charge >= 0.3 is 12.2 Å². The molecule has 0 atom stereocenters. The van der Waals surface area contributed by atoms with Gasteiger partial charge in [-0.15, -0.1) is 0 Å². The molecule has 2 heterocycles. The highest BCUT2D eigenvalue weighted by Gasteiger charge is 2.39. The van der Waals surface area contributed by atoms with Crippen LogP contribution in [0.25, 0.3) is 10.4 Å². The molecule has 0 spiro atoms. The predicted molar refractivity (Wildman–Crippen MR) is 94.8 cm³/mol. The molecule has 1 aromatic carbocycles. The van der Waals surface area contributed by atoms with Gasteiger partial charge < -0.3 is 5.32 Å². The number of hydrogen-bond donors (Lipinski definition) is 2. The molecule has 138 valence electrons. The number of urea groups is 1. The number of aromatic nitrogens is 2. The summed E-state index contributed by atoms with van der Waals surface area (Å²) in [6.45, 7) is 0. The Morgan fingerprint density at radius 2 is 1.63 bits per heavy atom. The molecule has 0 aliphatic rings. The molecule has 0 aliphatic heterocycles. The Morgan fingerprint density at radius 1 is 0.963 bits per heavy atom. The van der Waals surface area contributed by atoms with E-state index in [9.17, 15) is 22.8 Å². The molecule has 3 aromatic rings. The van der Waals surface area contributed by atoms with Gasteiger partial charge in [0.25, 0.3) is 5.78 Å². The number of nitrogens with one attached hydrogen (secondary N) is 2. The first-order chi connectivity index (χ1) is 12.8. The fraction of sp³-hybridized carbons (Fsp3) is 0.0588. The van der Waals surface area contributed by atoms with Gasteiger partial charge in [0.2, 0.25) is 0 Å². The van der Waals surface area contributed by atoms with Crippen molar-refractivity contribution in [1.82, 2.24) is 9.97 Å². The molecule has 27 heavy (non-hydrogen) atoms. The molecule has 2 N–H and O–H groups in total. The Balaban J connectivity index is 1.61. The number of benzene rings is 1. The Kier molecular flexibility index (Phi) is 5.17. The average molecular weight is 392 g/mol. The predicted octanol–water partition coefficient (Wildman–Crippen LogP) is 4.59. The van der Waals surface area contributed by atoms with Gasteiger partial charge in [0.1, 0.15) is 0 Å². The lowest BCUT2D eigenvalue weighted by atomic mass is 10.1. The lowest BCUT2D eigenvalue weighted by molar-refractivity contribution is -0.0885. The summed E-state index contributed by atoms with van der Waals surface area (Å²) < 4.78 is 37.1. The zero-order valence-corrected chi connectivity index (χ0v) is 14.3. The number of hydrogen-bond acceptors (Lipinski definition) is 5. The SMILES string of the molecule is O=C(Nc1ccc(C(=O)C(F)(F)F)cc1)Nc1ncc(-c2ccncc2)s1. The summed E-state index contributed by atoms with van der Waals surface area (Å²) >= 11 is 1.25. The minimum Gasteiger partial charge on any atom is -0.308 e. The molecule has 0 aliphatic carbocycles. The van der Waals surface area contributed by atoms with Crippen molar-refractivity contribution in [3.63, 3.8) is 0 Å². The second kappa shape index (κ2) is 7.54. The van der Waals surface area contributed by atoms with E-state index in [4.69, 9.17) is 0 Å². The van der Waals surface area contributed by atoms with E-state index in [2.05, 4.69) is 20.6 Å². The van der Waals surface area contributed by atoms with Crippen molar-refractivity contribution in [2.45, 2.75) is 6.18 Å². The van der Waals surface area contributed by atoms with Crippen molar-refractivity contribution in [3.8, 4) is 10.4 Å². The summed E-state index contributed by atoms with van der Waals surface area (Å²) in [7, 11) is 0. The molecule has 0 saturated carbocycles. The molecule has 2 amide bonds. The Hall–Kier alpha value is -3.27. The number of amides is 2. The number of ketones is 1. The number of nitrogens with zero attached hydrogens (tertiary/aromatic N) is 2. The van der Waals surface area contributed by atoms with Crippen molar-refractivity contribution in [1.29, 1.82) is 0 Å². The van der Waals surface area contributed by atoms with Crippen LogP contribution in [0.5, 0.6) is 0 Å². The lowest BCUT2D eigenvalue weighted by Crippen LogP contribution is -2.23. The Labute approximate surface area is 155 Å².